The van der Waals surface area contributed by atoms with Crippen molar-refractivity contribution in [2.45, 2.75) is 33.0 Å². The smallest absolute Gasteiger partial charge is 0.332 e. The van der Waals surface area contributed by atoms with Crippen LogP contribution in [0.3, 0.4) is 0 Å². The van der Waals surface area contributed by atoms with Crippen molar-refractivity contribution in [2.75, 3.05) is 26.3 Å². The minimum absolute atomic E-state index is 0.139. The van der Waals surface area contributed by atoms with E-state index in [1.165, 1.54) is 15.9 Å². The summed E-state index contributed by atoms with van der Waals surface area (Å²) in [4.78, 5) is 29.2. The van der Waals surface area contributed by atoms with Gasteiger partial charge in [-0.05, 0) is 24.7 Å². The van der Waals surface area contributed by atoms with Crippen LogP contribution in [0.2, 0.25) is 0 Å². The number of halogens is 2. The first kappa shape index (κ1) is 19.5. The first-order valence-corrected chi connectivity index (χ1v) is 10.2. The van der Waals surface area contributed by atoms with Crippen LogP contribution in [0.1, 0.15) is 10.4 Å². The number of rotatable bonds is 6. The number of ether oxygens (including phenoxy) is 1. The van der Waals surface area contributed by atoms with Gasteiger partial charge in [0.15, 0.2) is 5.11 Å². The maximum absolute atomic E-state index is 13.0. The Morgan fingerprint density at radius 1 is 1.32 bits per heavy atom. The highest BCUT2D eigenvalue weighted by Gasteiger charge is 2.27. The first-order chi connectivity index (χ1) is 13.4. The van der Waals surface area contributed by atoms with Gasteiger partial charge in [-0.25, -0.2) is 13.6 Å². The molecule has 2 fully saturated rings. The van der Waals surface area contributed by atoms with E-state index in [2.05, 4.69) is 5.32 Å². The van der Waals surface area contributed by atoms with Crippen molar-refractivity contribution in [2.24, 2.45) is 5.92 Å². The molecule has 0 spiro atoms. The molecule has 28 heavy (non-hydrogen) atoms. The third kappa shape index (κ3) is 3.35. The fraction of sp³-hybridized carbons (Fsp3) is 0.588. The van der Waals surface area contributed by atoms with Crippen LogP contribution in [0, 0.1) is 12.8 Å². The summed E-state index contributed by atoms with van der Waals surface area (Å²) in [6, 6.07) is 0. The molecule has 11 heteroatoms. The van der Waals surface area contributed by atoms with Gasteiger partial charge < -0.3 is 15.0 Å². The molecule has 0 amide bonds. The van der Waals surface area contributed by atoms with E-state index in [1.807, 2.05) is 4.90 Å². The highest BCUT2D eigenvalue weighted by Crippen LogP contribution is 2.30. The van der Waals surface area contributed by atoms with Gasteiger partial charge in [0.05, 0.1) is 31.7 Å². The van der Waals surface area contributed by atoms with Crippen LogP contribution in [0.5, 0.6) is 0 Å². The molecule has 7 nitrogen and oxygen atoms in total. The van der Waals surface area contributed by atoms with Gasteiger partial charge in [-0.15, -0.1) is 11.3 Å². The van der Waals surface area contributed by atoms with E-state index in [-0.39, 0.29) is 5.92 Å². The number of aromatic nitrogens is 2. The van der Waals surface area contributed by atoms with E-state index >= 15 is 0 Å². The molecule has 4 heterocycles. The molecule has 0 unspecified atom stereocenters. The highest BCUT2D eigenvalue weighted by atomic mass is 32.1. The predicted octanol–water partition coefficient (Wildman–Crippen LogP) is 1.13. The highest BCUT2D eigenvalue weighted by molar-refractivity contribution is 7.80. The second-order valence-corrected chi connectivity index (χ2v) is 8.56. The van der Waals surface area contributed by atoms with Gasteiger partial charge in [0.1, 0.15) is 4.83 Å². The number of thiocarbonyl (C=S) groups is 1. The number of fused-ring (bicyclic) bond motifs is 1. The number of thiophene rings is 1. The fourth-order valence-corrected chi connectivity index (χ4v) is 5.11. The number of alkyl halides is 2. The molecule has 2 aliphatic rings. The van der Waals surface area contributed by atoms with Crippen LogP contribution in [-0.2, 0) is 24.4 Å². The Balaban J connectivity index is 1.86. The lowest BCUT2D eigenvalue weighted by Crippen LogP contribution is -2.44. The summed E-state index contributed by atoms with van der Waals surface area (Å²) in [6.45, 7) is 4.33. The molecule has 152 valence electrons. The van der Waals surface area contributed by atoms with E-state index in [1.54, 1.807) is 6.92 Å². The van der Waals surface area contributed by atoms with Gasteiger partial charge >= 0.3 is 5.69 Å². The van der Waals surface area contributed by atoms with Crippen molar-refractivity contribution in [3.05, 3.63) is 31.3 Å². The molecule has 0 bridgehead atoms. The van der Waals surface area contributed by atoms with Crippen molar-refractivity contribution in [3.8, 4) is 0 Å². The van der Waals surface area contributed by atoms with Gasteiger partial charge in [0.25, 0.3) is 12.0 Å². The summed E-state index contributed by atoms with van der Waals surface area (Å²) in [7, 11) is 0. The number of hydrogen-bond acceptors (Lipinski definition) is 5. The summed E-state index contributed by atoms with van der Waals surface area (Å²) < 4.78 is 33.3. The zero-order valence-electron chi connectivity index (χ0n) is 15.2. The first-order valence-electron chi connectivity index (χ1n) is 9.01. The molecule has 2 aromatic rings. The molecule has 2 saturated heterocycles. The standard InChI is InChI=1S/C17H20F2N4O3S2/c1-9-11(5-21-3-2-20-16(21)27)28-15-13(9)14(24)22(6-12(18)19)17(25)23(15)4-10-7-26-8-10/h10,12H,2-8H2,1H3,(H,20,27). The molecule has 0 radical (unpaired) electrons. The Morgan fingerprint density at radius 2 is 2.07 bits per heavy atom. The average molecular weight is 431 g/mol. The topological polar surface area (TPSA) is 68.5 Å². The van der Waals surface area contributed by atoms with Crippen molar-refractivity contribution < 1.29 is 13.5 Å². The zero-order chi connectivity index (χ0) is 20.0. The van der Waals surface area contributed by atoms with E-state index in [4.69, 9.17) is 17.0 Å². The van der Waals surface area contributed by atoms with Crippen LogP contribution in [0.4, 0.5) is 8.78 Å². The molecule has 0 aliphatic carbocycles. The normalized spacial score (nSPS) is 17.6. The Morgan fingerprint density at radius 3 is 2.64 bits per heavy atom. The minimum Gasteiger partial charge on any atom is -0.381 e. The molecule has 1 N–H and O–H groups in total. The average Bonchev–Trinajstić information content (AvgIpc) is 3.14. The molecule has 0 atom stereocenters. The van der Waals surface area contributed by atoms with E-state index < -0.39 is 24.2 Å². The second kappa shape index (κ2) is 7.53. The molecular weight excluding hydrogens is 410 g/mol. The van der Waals surface area contributed by atoms with Crippen molar-refractivity contribution in [1.29, 1.82) is 0 Å². The van der Waals surface area contributed by atoms with Crippen LogP contribution in [0.15, 0.2) is 9.59 Å². The van der Waals surface area contributed by atoms with E-state index in [0.29, 0.717) is 46.2 Å². The third-order valence-corrected chi connectivity index (χ3v) is 6.84. The minimum atomic E-state index is -2.78. The monoisotopic (exact) mass is 430 g/mol. The molecular formula is C17H20F2N4O3S2. The maximum Gasteiger partial charge on any atom is 0.332 e. The summed E-state index contributed by atoms with van der Waals surface area (Å²) in [6.07, 6.45) is -2.78. The molecule has 2 aromatic heterocycles. The van der Waals surface area contributed by atoms with Crippen LogP contribution >= 0.6 is 23.6 Å². The Bertz CT molecular complexity index is 1040. The number of aryl methyl sites for hydroxylation is 1. The largest absolute Gasteiger partial charge is 0.381 e. The van der Waals surface area contributed by atoms with Crippen LogP contribution in [-0.4, -0.2) is 51.9 Å². The van der Waals surface area contributed by atoms with E-state index in [0.717, 1.165) is 23.5 Å². The number of nitrogens with one attached hydrogen (secondary N) is 1. The number of nitrogens with zero attached hydrogens (tertiary/aromatic N) is 3. The molecule has 2 aliphatic heterocycles. The molecule has 4 rings (SSSR count). The molecule has 0 saturated carbocycles. The SMILES string of the molecule is Cc1c(CN2CCNC2=S)sc2c1c(=O)n(CC(F)F)c(=O)n2CC1COC1. The lowest BCUT2D eigenvalue weighted by molar-refractivity contribution is -0.0395. The van der Waals surface area contributed by atoms with Crippen LogP contribution in [0.25, 0.3) is 10.2 Å². The quantitative estimate of drug-likeness (QED) is 0.694. The Hall–Kier alpha value is -1.85. The summed E-state index contributed by atoms with van der Waals surface area (Å²) in [5.41, 5.74) is -0.610. The maximum atomic E-state index is 13.0. The third-order valence-electron chi connectivity index (χ3n) is 5.14. The lowest BCUT2D eigenvalue weighted by Gasteiger charge is -2.27. The van der Waals surface area contributed by atoms with Gasteiger partial charge in [0, 0.05) is 30.4 Å². The summed E-state index contributed by atoms with van der Waals surface area (Å²) in [5.74, 6) is 0.139. The Labute approximate surface area is 168 Å². The van der Waals surface area contributed by atoms with Gasteiger partial charge in [-0.2, -0.15) is 0 Å². The van der Waals surface area contributed by atoms with Crippen molar-refractivity contribution in [3.63, 3.8) is 0 Å². The second-order valence-electron chi connectivity index (χ2n) is 7.09. The van der Waals surface area contributed by atoms with Gasteiger partial charge in [0.2, 0.25) is 0 Å². The zero-order valence-corrected chi connectivity index (χ0v) is 16.9. The van der Waals surface area contributed by atoms with Crippen molar-refractivity contribution in [1.82, 2.24) is 19.4 Å². The molecule has 0 aromatic carbocycles. The fourth-order valence-electron chi connectivity index (χ4n) is 3.53. The van der Waals surface area contributed by atoms with Crippen LogP contribution < -0.4 is 16.6 Å². The van der Waals surface area contributed by atoms with Gasteiger partial charge in [-0.3, -0.25) is 13.9 Å². The van der Waals surface area contributed by atoms with Crippen molar-refractivity contribution >= 4 is 38.9 Å². The summed E-state index contributed by atoms with van der Waals surface area (Å²) >= 11 is 6.65. The number of hydrogen-bond donors (Lipinski definition) is 1. The van der Waals surface area contributed by atoms with Gasteiger partial charge in [-0.1, -0.05) is 0 Å². The summed E-state index contributed by atoms with van der Waals surface area (Å²) in [5, 5.41) is 4.09. The Kier molecular flexibility index (Phi) is 5.23. The van der Waals surface area contributed by atoms with E-state index in [9.17, 15) is 18.4 Å². The predicted molar refractivity (Wildman–Crippen MR) is 106 cm³/mol. The lowest BCUT2D eigenvalue weighted by atomic mass is 10.1.